The number of rotatable bonds is 6. The number of aromatic nitrogens is 1. The maximum atomic E-state index is 12.3. The van der Waals surface area contributed by atoms with Gasteiger partial charge in [0.05, 0.1) is 30.9 Å². The van der Waals surface area contributed by atoms with Crippen LogP contribution in [-0.2, 0) is 16.0 Å². The number of nitrogens with one attached hydrogen (secondary N) is 1. The van der Waals surface area contributed by atoms with Crippen LogP contribution in [0.4, 0.5) is 0 Å². The van der Waals surface area contributed by atoms with Crippen LogP contribution in [0.3, 0.4) is 0 Å². The first kappa shape index (κ1) is 17.9. The molecule has 1 aromatic heterocycles. The summed E-state index contributed by atoms with van der Waals surface area (Å²) in [5.41, 5.74) is 1.62. The van der Waals surface area contributed by atoms with Crippen molar-refractivity contribution in [2.45, 2.75) is 31.4 Å². The van der Waals surface area contributed by atoms with Crippen LogP contribution in [0.15, 0.2) is 48.8 Å². The molecule has 2 heterocycles. The molecule has 2 atom stereocenters. The molecular formula is C20H21N3O3. The summed E-state index contributed by atoms with van der Waals surface area (Å²) < 4.78 is 11.5. The molecule has 2 aromatic rings. The summed E-state index contributed by atoms with van der Waals surface area (Å²) >= 11 is 0. The lowest BCUT2D eigenvalue weighted by molar-refractivity contribution is -0.124. The van der Waals surface area contributed by atoms with E-state index in [2.05, 4.69) is 16.4 Å². The van der Waals surface area contributed by atoms with Gasteiger partial charge in [0.15, 0.2) is 0 Å². The first-order chi connectivity index (χ1) is 12.7. The van der Waals surface area contributed by atoms with Crippen LogP contribution in [0.2, 0.25) is 0 Å². The zero-order valence-electron chi connectivity index (χ0n) is 14.4. The number of hydrogen-bond donors (Lipinski definition) is 1. The number of pyridine rings is 1. The van der Waals surface area contributed by atoms with Gasteiger partial charge in [0, 0.05) is 25.2 Å². The number of nitrogens with zero attached hydrogens (tertiary/aromatic N) is 2. The van der Waals surface area contributed by atoms with E-state index in [1.54, 1.807) is 36.7 Å². The van der Waals surface area contributed by atoms with Crippen molar-refractivity contribution in [3.63, 3.8) is 0 Å². The average Bonchev–Trinajstić information content (AvgIpc) is 2.69. The zero-order chi connectivity index (χ0) is 18.2. The molecule has 6 heteroatoms. The summed E-state index contributed by atoms with van der Waals surface area (Å²) in [5, 5.41) is 11.9. The van der Waals surface area contributed by atoms with Gasteiger partial charge in [0.1, 0.15) is 11.9 Å². The van der Waals surface area contributed by atoms with Crippen molar-refractivity contribution in [3.8, 4) is 11.8 Å². The van der Waals surface area contributed by atoms with E-state index >= 15 is 0 Å². The molecule has 1 aliphatic heterocycles. The van der Waals surface area contributed by atoms with E-state index < -0.39 is 0 Å². The maximum absolute atomic E-state index is 12.3. The SMILES string of the molecule is N#Cc1ccc(O[C@@H]2CCOC[C@H]2NC(=O)CCc2cccnc2)cc1. The highest BCUT2D eigenvalue weighted by atomic mass is 16.5. The average molecular weight is 351 g/mol. The second kappa shape index (κ2) is 8.97. The van der Waals surface area contributed by atoms with E-state index in [-0.39, 0.29) is 18.1 Å². The van der Waals surface area contributed by atoms with Crippen LogP contribution in [0.5, 0.6) is 5.75 Å². The van der Waals surface area contributed by atoms with Crippen molar-refractivity contribution in [2.24, 2.45) is 0 Å². The first-order valence-electron chi connectivity index (χ1n) is 8.67. The topological polar surface area (TPSA) is 84.2 Å². The molecule has 134 valence electrons. The van der Waals surface area contributed by atoms with Crippen molar-refractivity contribution in [1.82, 2.24) is 10.3 Å². The van der Waals surface area contributed by atoms with E-state index in [1.165, 1.54) is 0 Å². The molecule has 0 aliphatic carbocycles. The van der Waals surface area contributed by atoms with E-state index in [4.69, 9.17) is 14.7 Å². The summed E-state index contributed by atoms with van der Waals surface area (Å²) in [7, 11) is 0. The molecule has 1 N–H and O–H groups in total. The van der Waals surface area contributed by atoms with Gasteiger partial charge in [-0.25, -0.2) is 0 Å². The summed E-state index contributed by atoms with van der Waals surface area (Å²) in [6.45, 7) is 1.03. The molecule has 6 nitrogen and oxygen atoms in total. The van der Waals surface area contributed by atoms with Gasteiger partial charge in [-0.1, -0.05) is 6.07 Å². The minimum absolute atomic E-state index is 0.0298. The Labute approximate surface area is 152 Å². The molecule has 0 radical (unpaired) electrons. The van der Waals surface area contributed by atoms with Crippen LogP contribution < -0.4 is 10.1 Å². The monoisotopic (exact) mass is 351 g/mol. The van der Waals surface area contributed by atoms with E-state index in [0.29, 0.717) is 43.8 Å². The lowest BCUT2D eigenvalue weighted by atomic mass is 10.1. The predicted molar refractivity (Wildman–Crippen MR) is 95.5 cm³/mol. The highest BCUT2D eigenvalue weighted by molar-refractivity contribution is 5.76. The van der Waals surface area contributed by atoms with Gasteiger partial charge in [-0.15, -0.1) is 0 Å². The Hall–Kier alpha value is -2.91. The van der Waals surface area contributed by atoms with Gasteiger partial charge in [0.25, 0.3) is 0 Å². The van der Waals surface area contributed by atoms with Crippen molar-refractivity contribution < 1.29 is 14.3 Å². The third-order valence-electron chi connectivity index (χ3n) is 4.27. The number of aryl methyl sites for hydroxylation is 1. The van der Waals surface area contributed by atoms with E-state index in [9.17, 15) is 4.79 Å². The second-order valence-corrected chi connectivity index (χ2v) is 6.19. The van der Waals surface area contributed by atoms with Gasteiger partial charge in [-0.2, -0.15) is 5.26 Å². The third-order valence-corrected chi connectivity index (χ3v) is 4.27. The highest BCUT2D eigenvalue weighted by Gasteiger charge is 2.28. The molecule has 1 aromatic carbocycles. The molecule has 1 fully saturated rings. The van der Waals surface area contributed by atoms with Crippen LogP contribution in [-0.4, -0.2) is 36.3 Å². The Morgan fingerprint density at radius 2 is 2.19 bits per heavy atom. The Morgan fingerprint density at radius 3 is 2.92 bits per heavy atom. The van der Waals surface area contributed by atoms with Gasteiger partial charge in [-0.3, -0.25) is 9.78 Å². The highest BCUT2D eigenvalue weighted by Crippen LogP contribution is 2.19. The summed E-state index contributed by atoms with van der Waals surface area (Å²) in [4.78, 5) is 16.3. The van der Waals surface area contributed by atoms with Crippen LogP contribution in [0, 0.1) is 11.3 Å². The van der Waals surface area contributed by atoms with Crippen molar-refractivity contribution in [3.05, 3.63) is 59.9 Å². The molecule has 26 heavy (non-hydrogen) atoms. The van der Waals surface area contributed by atoms with Crippen LogP contribution >= 0.6 is 0 Å². The normalized spacial score (nSPS) is 19.3. The zero-order valence-corrected chi connectivity index (χ0v) is 14.4. The standard InChI is InChI=1S/C20H21N3O3/c21-12-15-3-6-17(7-4-15)26-19-9-11-25-14-18(19)23-20(24)8-5-16-2-1-10-22-13-16/h1-4,6-7,10,13,18-19H,5,8-9,11,14H2,(H,23,24)/t18-,19-/m1/s1. The van der Waals surface area contributed by atoms with Crippen molar-refractivity contribution in [2.75, 3.05) is 13.2 Å². The van der Waals surface area contributed by atoms with Crippen LogP contribution in [0.25, 0.3) is 0 Å². The van der Waals surface area contributed by atoms with Gasteiger partial charge < -0.3 is 14.8 Å². The number of nitriles is 1. The first-order valence-corrected chi connectivity index (χ1v) is 8.67. The fourth-order valence-electron chi connectivity index (χ4n) is 2.86. The van der Waals surface area contributed by atoms with Crippen molar-refractivity contribution in [1.29, 1.82) is 5.26 Å². The maximum Gasteiger partial charge on any atom is 0.220 e. The summed E-state index contributed by atoms with van der Waals surface area (Å²) in [6, 6.07) is 12.7. The smallest absolute Gasteiger partial charge is 0.220 e. The third kappa shape index (κ3) is 5.04. The van der Waals surface area contributed by atoms with E-state index in [0.717, 1.165) is 5.56 Å². The molecule has 0 unspecified atom stereocenters. The molecular weight excluding hydrogens is 330 g/mol. The predicted octanol–water partition coefficient (Wildman–Crippen LogP) is 2.24. The molecule has 0 spiro atoms. The fourth-order valence-corrected chi connectivity index (χ4v) is 2.86. The van der Waals surface area contributed by atoms with Gasteiger partial charge >= 0.3 is 0 Å². The Balaban J connectivity index is 1.54. The molecule has 0 saturated carbocycles. The number of benzene rings is 1. The van der Waals surface area contributed by atoms with E-state index in [1.807, 2.05) is 12.1 Å². The minimum Gasteiger partial charge on any atom is -0.488 e. The number of ether oxygens (including phenoxy) is 2. The number of carbonyl (C=O) groups excluding carboxylic acids is 1. The summed E-state index contributed by atoms with van der Waals surface area (Å²) in [6.07, 6.45) is 5.08. The van der Waals surface area contributed by atoms with Crippen LogP contribution in [0.1, 0.15) is 24.0 Å². The molecule has 3 rings (SSSR count). The molecule has 1 aliphatic rings. The number of hydrogen-bond acceptors (Lipinski definition) is 5. The largest absolute Gasteiger partial charge is 0.488 e. The Bertz CT molecular complexity index is 756. The van der Waals surface area contributed by atoms with Gasteiger partial charge in [-0.05, 0) is 42.3 Å². The molecule has 1 amide bonds. The quantitative estimate of drug-likeness (QED) is 0.863. The lowest BCUT2D eigenvalue weighted by Crippen LogP contribution is -2.51. The minimum atomic E-state index is -0.194. The number of amides is 1. The van der Waals surface area contributed by atoms with Gasteiger partial charge in [0.2, 0.25) is 5.91 Å². The lowest BCUT2D eigenvalue weighted by Gasteiger charge is -2.32. The fraction of sp³-hybridized carbons (Fsp3) is 0.350. The molecule has 0 bridgehead atoms. The second-order valence-electron chi connectivity index (χ2n) is 6.19. The Kier molecular flexibility index (Phi) is 6.18. The number of carbonyl (C=O) groups is 1. The molecule has 1 saturated heterocycles. The summed E-state index contributed by atoms with van der Waals surface area (Å²) in [5.74, 6) is 0.656. The van der Waals surface area contributed by atoms with Crippen molar-refractivity contribution >= 4 is 5.91 Å². The Morgan fingerprint density at radius 1 is 1.35 bits per heavy atom.